The van der Waals surface area contributed by atoms with E-state index in [9.17, 15) is 9.90 Å². The van der Waals surface area contributed by atoms with Crippen LogP contribution in [0.5, 0.6) is 0 Å². The van der Waals surface area contributed by atoms with E-state index in [2.05, 4.69) is 12.1 Å². The van der Waals surface area contributed by atoms with Gasteiger partial charge < -0.3 is 10.0 Å². The molecule has 0 radical (unpaired) electrons. The van der Waals surface area contributed by atoms with Crippen LogP contribution >= 0.6 is 0 Å². The van der Waals surface area contributed by atoms with Crippen molar-refractivity contribution in [3.63, 3.8) is 0 Å². The topological polar surface area (TPSA) is 40.5 Å². The van der Waals surface area contributed by atoms with Crippen LogP contribution in [0.4, 0.5) is 0 Å². The Morgan fingerprint density at radius 1 is 1.20 bits per heavy atom. The number of carbonyl (C=O) groups excluding carboxylic acids is 1. The van der Waals surface area contributed by atoms with Crippen molar-refractivity contribution in [2.45, 2.75) is 32.1 Å². The molecule has 2 aliphatic rings. The van der Waals surface area contributed by atoms with Crippen LogP contribution in [-0.2, 0) is 11.2 Å². The monoisotopic (exact) mass is 273 g/mol. The molecule has 0 unspecified atom stereocenters. The lowest BCUT2D eigenvalue weighted by Gasteiger charge is -2.34. The summed E-state index contributed by atoms with van der Waals surface area (Å²) in [4.78, 5) is 14.8. The molecule has 1 saturated heterocycles. The summed E-state index contributed by atoms with van der Waals surface area (Å²) < 4.78 is 0. The molecule has 1 N–H and O–H groups in total. The maximum absolute atomic E-state index is 12.7. The molecule has 3 heteroatoms. The van der Waals surface area contributed by atoms with Gasteiger partial charge in [-0.25, -0.2) is 0 Å². The van der Waals surface area contributed by atoms with Gasteiger partial charge in [-0.05, 0) is 43.6 Å². The summed E-state index contributed by atoms with van der Waals surface area (Å²) >= 11 is 0. The molecular weight excluding hydrogens is 250 g/mol. The van der Waals surface area contributed by atoms with E-state index >= 15 is 0 Å². The maximum atomic E-state index is 12.7. The van der Waals surface area contributed by atoms with Gasteiger partial charge in [0.05, 0.1) is 5.41 Å². The maximum Gasteiger partial charge on any atom is 0.229 e. The Labute approximate surface area is 120 Å². The third-order valence-electron chi connectivity index (χ3n) is 4.85. The van der Waals surface area contributed by atoms with Gasteiger partial charge in [-0.15, -0.1) is 0 Å². The van der Waals surface area contributed by atoms with E-state index in [0.29, 0.717) is 11.8 Å². The van der Waals surface area contributed by atoms with Crippen LogP contribution in [0.15, 0.2) is 30.3 Å². The van der Waals surface area contributed by atoms with E-state index in [0.717, 1.165) is 45.2 Å². The van der Waals surface area contributed by atoms with Gasteiger partial charge in [-0.3, -0.25) is 4.79 Å². The quantitative estimate of drug-likeness (QED) is 0.914. The molecular formula is C17H23NO2. The molecule has 108 valence electrons. The van der Waals surface area contributed by atoms with Gasteiger partial charge in [0.15, 0.2) is 0 Å². The van der Waals surface area contributed by atoms with Crippen LogP contribution in [0.25, 0.3) is 0 Å². The lowest BCUT2D eigenvalue weighted by molar-refractivity contribution is -0.138. The fraction of sp³-hybridized carbons (Fsp3) is 0.588. The molecule has 0 bridgehead atoms. The summed E-state index contributed by atoms with van der Waals surface area (Å²) in [6.45, 7) is 1.90. The Balaban J connectivity index is 1.62. The molecule has 0 atom stereocenters. The third-order valence-corrected chi connectivity index (χ3v) is 4.85. The number of hydrogen-bond donors (Lipinski definition) is 1. The minimum Gasteiger partial charge on any atom is -0.396 e. The molecule has 1 saturated carbocycles. The van der Waals surface area contributed by atoms with Crippen molar-refractivity contribution < 1.29 is 9.90 Å². The van der Waals surface area contributed by atoms with Crippen molar-refractivity contribution in [2.75, 3.05) is 19.7 Å². The van der Waals surface area contributed by atoms with E-state index in [-0.39, 0.29) is 12.0 Å². The number of likely N-dealkylation sites (tertiary alicyclic amines) is 1. The smallest absolute Gasteiger partial charge is 0.229 e. The highest BCUT2D eigenvalue weighted by molar-refractivity contribution is 5.85. The minimum atomic E-state index is -0.118. The van der Waals surface area contributed by atoms with Crippen LogP contribution in [-0.4, -0.2) is 35.6 Å². The van der Waals surface area contributed by atoms with Gasteiger partial charge in [-0.1, -0.05) is 30.3 Å². The van der Waals surface area contributed by atoms with Crippen molar-refractivity contribution >= 4 is 5.91 Å². The standard InChI is InChI=1S/C17H23NO2/c19-13-15-6-10-18(11-7-15)16(20)17(8-9-17)12-14-4-2-1-3-5-14/h1-5,15,19H,6-13H2. The predicted octanol–water partition coefficient (Wildman–Crippen LogP) is 2.24. The molecule has 2 fully saturated rings. The molecule has 0 aromatic heterocycles. The number of hydrogen-bond acceptors (Lipinski definition) is 2. The Hall–Kier alpha value is -1.35. The Kier molecular flexibility index (Phi) is 3.79. The number of carbonyl (C=O) groups is 1. The zero-order chi connectivity index (χ0) is 14.0. The number of amides is 1. The highest BCUT2D eigenvalue weighted by Crippen LogP contribution is 2.50. The molecule has 1 aliphatic carbocycles. The summed E-state index contributed by atoms with van der Waals surface area (Å²) in [5, 5.41) is 9.18. The first-order valence-electron chi connectivity index (χ1n) is 7.68. The fourth-order valence-corrected chi connectivity index (χ4v) is 3.26. The fourth-order valence-electron chi connectivity index (χ4n) is 3.26. The van der Waals surface area contributed by atoms with Crippen LogP contribution in [0.3, 0.4) is 0 Å². The molecule has 0 spiro atoms. The van der Waals surface area contributed by atoms with Crippen molar-refractivity contribution in [2.24, 2.45) is 11.3 Å². The number of benzene rings is 1. The van der Waals surface area contributed by atoms with Crippen molar-refractivity contribution in [3.05, 3.63) is 35.9 Å². The lowest BCUT2D eigenvalue weighted by atomic mass is 9.92. The predicted molar refractivity (Wildman–Crippen MR) is 78.2 cm³/mol. The molecule has 1 heterocycles. The molecule has 1 amide bonds. The minimum absolute atomic E-state index is 0.118. The Bertz CT molecular complexity index is 459. The molecule has 1 aromatic carbocycles. The number of rotatable bonds is 4. The van der Waals surface area contributed by atoms with Gasteiger partial charge >= 0.3 is 0 Å². The second-order valence-corrected chi connectivity index (χ2v) is 6.36. The second-order valence-electron chi connectivity index (χ2n) is 6.36. The normalized spacial score (nSPS) is 21.8. The second kappa shape index (κ2) is 5.57. The largest absolute Gasteiger partial charge is 0.396 e. The summed E-state index contributed by atoms with van der Waals surface area (Å²) in [6, 6.07) is 10.3. The summed E-state index contributed by atoms with van der Waals surface area (Å²) in [7, 11) is 0. The molecule has 20 heavy (non-hydrogen) atoms. The molecule has 1 aromatic rings. The highest BCUT2D eigenvalue weighted by atomic mass is 16.3. The highest BCUT2D eigenvalue weighted by Gasteiger charge is 2.51. The van der Waals surface area contributed by atoms with Gasteiger partial charge in [0.2, 0.25) is 5.91 Å². The van der Waals surface area contributed by atoms with Gasteiger partial charge in [-0.2, -0.15) is 0 Å². The van der Waals surface area contributed by atoms with E-state index < -0.39 is 0 Å². The molecule has 1 aliphatic heterocycles. The lowest BCUT2D eigenvalue weighted by Crippen LogP contribution is -2.43. The van der Waals surface area contributed by atoms with Gasteiger partial charge in [0.25, 0.3) is 0 Å². The van der Waals surface area contributed by atoms with Crippen LogP contribution < -0.4 is 0 Å². The number of aliphatic hydroxyl groups is 1. The van der Waals surface area contributed by atoms with Crippen LogP contribution in [0, 0.1) is 11.3 Å². The first-order valence-corrected chi connectivity index (χ1v) is 7.68. The van der Waals surface area contributed by atoms with Crippen molar-refractivity contribution in [1.29, 1.82) is 0 Å². The average Bonchev–Trinajstić information content (AvgIpc) is 3.28. The molecule has 3 nitrogen and oxygen atoms in total. The zero-order valence-corrected chi connectivity index (χ0v) is 11.9. The van der Waals surface area contributed by atoms with Crippen molar-refractivity contribution in [1.82, 2.24) is 4.90 Å². The van der Waals surface area contributed by atoms with E-state index in [1.54, 1.807) is 0 Å². The van der Waals surface area contributed by atoms with Crippen LogP contribution in [0.1, 0.15) is 31.2 Å². The Morgan fingerprint density at radius 3 is 2.40 bits per heavy atom. The van der Waals surface area contributed by atoms with Gasteiger partial charge in [0, 0.05) is 19.7 Å². The first kappa shape index (κ1) is 13.6. The van der Waals surface area contributed by atoms with E-state index in [1.165, 1.54) is 5.56 Å². The average molecular weight is 273 g/mol. The summed E-state index contributed by atoms with van der Waals surface area (Å²) in [5.41, 5.74) is 1.15. The Morgan fingerprint density at radius 2 is 1.85 bits per heavy atom. The number of aliphatic hydroxyl groups excluding tert-OH is 1. The summed E-state index contributed by atoms with van der Waals surface area (Å²) in [6.07, 6.45) is 4.83. The number of piperidine rings is 1. The number of nitrogens with zero attached hydrogens (tertiary/aromatic N) is 1. The third kappa shape index (κ3) is 2.73. The zero-order valence-electron chi connectivity index (χ0n) is 11.9. The summed E-state index contributed by atoms with van der Waals surface area (Å²) in [5.74, 6) is 0.737. The van der Waals surface area contributed by atoms with Gasteiger partial charge in [0.1, 0.15) is 0 Å². The molecule has 3 rings (SSSR count). The first-order chi connectivity index (χ1) is 9.73. The van der Waals surface area contributed by atoms with E-state index in [1.807, 2.05) is 23.1 Å². The van der Waals surface area contributed by atoms with Crippen LogP contribution in [0.2, 0.25) is 0 Å². The van der Waals surface area contributed by atoms with Crippen molar-refractivity contribution in [3.8, 4) is 0 Å². The van der Waals surface area contributed by atoms with E-state index in [4.69, 9.17) is 0 Å². The SMILES string of the molecule is O=C(N1CCC(CO)CC1)C1(Cc2ccccc2)CC1.